The number of pyridine rings is 1. The third kappa shape index (κ3) is 2.68. The second-order valence-electron chi connectivity index (χ2n) is 6.60. The molecule has 0 atom stereocenters. The Morgan fingerprint density at radius 1 is 0.519 bits per heavy atom. The van der Waals surface area contributed by atoms with Crippen LogP contribution in [0.3, 0.4) is 0 Å². The van der Waals surface area contributed by atoms with Gasteiger partial charge in [-0.05, 0) is 39.1 Å². The van der Waals surface area contributed by atoms with Crippen LogP contribution in [0.4, 0.5) is 0 Å². The normalized spacial score (nSPS) is 11.1. The van der Waals surface area contributed by atoms with E-state index in [1.165, 1.54) is 21.9 Å². The number of hydrogen-bond acceptors (Lipinski definition) is 1. The summed E-state index contributed by atoms with van der Waals surface area (Å²) in [7, 11) is 0. The van der Waals surface area contributed by atoms with Crippen LogP contribution in [0.15, 0.2) is 97.3 Å². The van der Waals surface area contributed by atoms with Crippen LogP contribution < -0.4 is 0 Å². The number of hydrogen-bond donors (Lipinski definition) is 0. The molecule has 1 nitrogen and oxygen atoms in total. The smallest absolute Gasteiger partial charge is 0.0563 e. The highest BCUT2D eigenvalue weighted by Gasteiger charge is 2.13. The third-order valence-corrected chi connectivity index (χ3v) is 5.44. The lowest BCUT2D eigenvalue weighted by molar-refractivity contribution is 1.33. The van der Waals surface area contributed by atoms with Gasteiger partial charge in [0.2, 0.25) is 0 Å². The zero-order valence-corrected chi connectivity index (χ0v) is 15.3. The first kappa shape index (κ1) is 16.0. The SMILES string of the molecule is Clc1c2ccccc2c(-c2ccc(-c3cccnc3)cc2)c2ccccc12. The summed E-state index contributed by atoms with van der Waals surface area (Å²) in [6.45, 7) is 0. The Bertz CT molecular complexity index is 1200. The van der Waals surface area contributed by atoms with Gasteiger partial charge in [0.15, 0.2) is 0 Å². The Morgan fingerprint density at radius 2 is 1.07 bits per heavy atom. The van der Waals surface area contributed by atoms with Crippen molar-refractivity contribution < 1.29 is 0 Å². The molecule has 0 aliphatic rings. The molecule has 0 bridgehead atoms. The van der Waals surface area contributed by atoms with Crippen LogP contribution in [-0.4, -0.2) is 4.98 Å². The molecule has 1 aromatic heterocycles. The van der Waals surface area contributed by atoms with Gasteiger partial charge in [-0.25, -0.2) is 0 Å². The number of aromatic nitrogens is 1. The first-order valence-electron chi connectivity index (χ1n) is 8.93. The van der Waals surface area contributed by atoms with Gasteiger partial charge in [-0.3, -0.25) is 4.98 Å². The maximum absolute atomic E-state index is 6.73. The third-order valence-electron chi connectivity index (χ3n) is 5.03. The predicted octanol–water partition coefficient (Wildman–Crippen LogP) is 7.38. The minimum absolute atomic E-state index is 0.817. The summed E-state index contributed by atoms with van der Waals surface area (Å²) >= 11 is 6.73. The summed E-state index contributed by atoms with van der Waals surface area (Å²) in [6.07, 6.45) is 3.69. The molecule has 0 saturated heterocycles. The number of benzene rings is 4. The van der Waals surface area contributed by atoms with Gasteiger partial charge in [0.25, 0.3) is 0 Å². The van der Waals surface area contributed by atoms with Gasteiger partial charge in [0.1, 0.15) is 0 Å². The van der Waals surface area contributed by atoms with Gasteiger partial charge in [-0.1, -0.05) is 90.5 Å². The van der Waals surface area contributed by atoms with E-state index in [2.05, 4.69) is 71.7 Å². The van der Waals surface area contributed by atoms with E-state index in [0.717, 1.165) is 26.9 Å². The Kier molecular flexibility index (Phi) is 3.88. The van der Waals surface area contributed by atoms with Crippen molar-refractivity contribution >= 4 is 33.1 Å². The molecule has 0 saturated carbocycles. The molecular formula is C25H16ClN. The zero-order valence-electron chi connectivity index (χ0n) is 14.6. The molecule has 0 N–H and O–H groups in total. The zero-order chi connectivity index (χ0) is 18.2. The molecule has 5 aromatic rings. The lowest BCUT2D eigenvalue weighted by Crippen LogP contribution is -1.87. The minimum atomic E-state index is 0.817. The number of fused-ring (bicyclic) bond motifs is 2. The molecule has 1 heterocycles. The second kappa shape index (κ2) is 6.53. The maximum Gasteiger partial charge on any atom is 0.0563 e. The van der Waals surface area contributed by atoms with Crippen LogP contribution >= 0.6 is 11.6 Å². The first-order chi connectivity index (χ1) is 13.3. The molecule has 0 unspecified atom stereocenters. The number of halogens is 1. The summed E-state index contributed by atoms with van der Waals surface area (Å²) in [5.41, 5.74) is 4.69. The van der Waals surface area contributed by atoms with Crippen LogP contribution in [0.2, 0.25) is 5.02 Å². The molecule has 0 spiro atoms. The highest BCUT2D eigenvalue weighted by atomic mass is 35.5. The fourth-order valence-electron chi connectivity index (χ4n) is 3.75. The van der Waals surface area contributed by atoms with Crippen LogP contribution in [0.5, 0.6) is 0 Å². The number of rotatable bonds is 2. The van der Waals surface area contributed by atoms with Crippen molar-refractivity contribution in [2.24, 2.45) is 0 Å². The van der Waals surface area contributed by atoms with E-state index < -0.39 is 0 Å². The summed E-state index contributed by atoms with van der Waals surface area (Å²) < 4.78 is 0. The highest BCUT2D eigenvalue weighted by molar-refractivity contribution is 6.42. The lowest BCUT2D eigenvalue weighted by Gasteiger charge is -2.14. The van der Waals surface area contributed by atoms with Crippen LogP contribution in [0.25, 0.3) is 43.8 Å². The molecule has 0 aliphatic carbocycles. The molecule has 27 heavy (non-hydrogen) atoms. The van der Waals surface area contributed by atoms with E-state index >= 15 is 0 Å². The maximum atomic E-state index is 6.73. The van der Waals surface area contributed by atoms with E-state index in [1.807, 2.05) is 24.4 Å². The topological polar surface area (TPSA) is 12.9 Å². The van der Waals surface area contributed by atoms with Gasteiger partial charge < -0.3 is 0 Å². The van der Waals surface area contributed by atoms with Gasteiger partial charge in [0, 0.05) is 23.2 Å². The Hall–Kier alpha value is -3.16. The van der Waals surface area contributed by atoms with E-state index in [1.54, 1.807) is 6.20 Å². The minimum Gasteiger partial charge on any atom is -0.264 e. The average molecular weight is 366 g/mol. The lowest BCUT2D eigenvalue weighted by atomic mass is 9.91. The Balaban J connectivity index is 1.78. The summed E-state index contributed by atoms with van der Waals surface area (Å²) in [4.78, 5) is 4.22. The Morgan fingerprint density at radius 3 is 1.63 bits per heavy atom. The van der Waals surface area contributed by atoms with Gasteiger partial charge in [0.05, 0.1) is 5.02 Å². The van der Waals surface area contributed by atoms with E-state index in [0.29, 0.717) is 0 Å². The standard InChI is InChI=1S/C25H16ClN/c26-25-22-9-3-1-7-20(22)24(21-8-2-4-10-23(21)25)18-13-11-17(12-14-18)19-6-5-15-27-16-19/h1-16H. The fraction of sp³-hybridized carbons (Fsp3) is 0. The van der Waals surface area contributed by atoms with Gasteiger partial charge in [-0.15, -0.1) is 0 Å². The van der Waals surface area contributed by atoms with E-state index in [4.69, 9.17) is 11.6 Å². The largest absolute Gasteiger partial charge is 0.264 e. The van der Waals surface area contributed by atoms with Crippen molar-refractivity contribution in [1.82, 2.24) is 4.98 Å². The molecule has 4 aromatic carbocycles. The van der Waals surface area contributed by atoms with Crippen molar-refractivity contribution in [3.05, 3.63) is 102 Å². The molecular weight excluding hydrogens is 350 g/mol. The van der Waals surface area contributed by atoms with Crippen LogP contribution in [-0.2, 0) is 0 Å². The molecule has 5 rings (SSSR count). The molecule has 0 radical (unpaired) electrons. The van der Waals surface area contributed by atoms with Crippen LogP contribution in [0, 0.1) is 0 Å². The van der Waals surface area contributed by atoms with Crippen molar-refractivity contribution in [1.29, 1.82) is 0 Å². The first-order valence-corrected chi connectivity index (χ1v) is 9.30. The summed E-state index contributed by atoms with van der Waals surface area (Å²) in [6, 6.07) is 29.4. The molecule has 0 fully saturated rings. The molecule has 128 valence electrons. The highest BCUT2D eigenvalue weighted by Crippen LogP contribution is 2.41. The fourth-order valence-corrected chi connectivity index (χ4v) is 4.08. The number of nitrogens with zero attached hydrogens (tertiary/aromatic N) is 1. The van der Waals surface area contributed by atoms with Crippen molar-refractivity contribution in [2.75, 3.05) is 0 Å². The van der Waals surface area contributed by atoms with Crippen molar-refractivity contribution in [3.63, 3.8) is 0 Å². The molecule has 2 heteroatoms. The van der Waals surface area contributed by atoms with Crippen molar-refractivity contribution in [2.45, 2.75) is 0 Å². The van der Waals surface area contributed by atoms with E-state index in [9.17, 15) is 0 Å². The second-order valence-corrected chi connectivity index (χ2v) is 6.98. The quantitative estimate of drug-likeness (QED) is 0.297. The van der Waals surface area contributed by atoms with Crippen LogP contribution in [0.1, 0.15) is 0 Å². The predicted molar refractivity (Wildman–Crippen MR) is 115 cm³/mol. The molecule has 0 amide bonds. The molecule has 0 aliphatic heterocycles. The van der Waals surface area contributed by atoms with Gasteiger partial charge >= 0.3 is 0 Å². The summed E-state index contributed by atoms with van der Waals surface area (Å²) in [5.74, 6) is 0. The average Bonchev–Trinajstić information content (AvgIpc) is 2.75. The van der Waals surface area contributed by atoms with Gasteiger partial charge in [-0.2, -0.15) is 0 Å². The van der Waals surface area contributed by atoms with Crippen molar-refractivity contribution in [3.8, 4) is 22.3 Å². The monoisotopic (exact) mass is 365 g/mol. The Labute approximate surface area is 162 Å². The summed E-state index contributed by atoms with van der Waals surface area (Å²) in [5, 5.41) is 5.34. The van der Waals surface area contributed by atoms with E-state index in [-0.39, 0.29) is 0 Å².